The van der Waals surface area contributed by atoms with Gasteiger partial charge < -0.3 is 0 Å². The Morgan fingerprint density at radius 1 is 1.22 bits per heavy atom. The molecule has 2 rings (SSSR count). The number of anilines is 1. The molecular formula is C12H15N3O2S. The molecule has 5 nitrogen and oxygen atoms in total. The molecule has 6 heteroatoms. The zero-order valence-electron chi connectivity index (χ0n) is 9.96. The SMILES string of the molecule is N#CCc1ccc(NS(=O)(=O)N2CCCC2)cc1. The minimum Gasteiger partial charge on any atom is -0.271 e. The average Bonchev–Trinajstić information content (AvgIpc) is 2.86. The van der Waals surface area contributed by atoms with Gasteiger partial charge in [0.05, 0.1) is 12.5 Å². The van der Waals surface area contributed by atoms with Crippen LogP contribution in [0.2, 0.25) is 0 Å². The molecule has 0 saturated carbocycles. The van der Waals surface area contributed by atoms with Gasteiger partial charge >= 0.3 is 10.2 Å². The number of rotatable bonds is 4. The van der Waals surface area contributed by atoms with Crippen LogP contribution in [0, 0.1) is 11.3 Å². The minimum atomic E-state index is -3.42. The van der Waals surface area contributed by atoms with Crippen LogP contribution in [0.25, 0.3) is 0 Å². The summed E-state index contributed by atoms with van der Waals surface area (Å²) in [6.07, 6.45) is 2.17. The summed E-state index contributed by atoms with van der Waals surface area (Å²) < 4.78 is 27.9. The first-order valence-corrected chi connectivity index (χ1v) is 7.29. The number of benzene rings is 1. The first-order valence-electron chi connectivity index (χ1n) is 5.85. The van der Waals surface area contributed by atoms with Crippen molar-refractivity contribution in [2.75, 3.05) is 17.8 Å². The highest BCUT2D eigenvalue weighted by Gasteiger charge is 2.24. The minimum absolute atomic E-state index is 0.332. The van der Waals surface area contributed by atoms with Gasteiger partial charge in [-0.2, -0.15) is 18.0 Å². The Bertz CT molecular complexity index is 540. The van der Waals surface area contributed by atoms with Crippen molar-refractivity contribution >= 4 is 15.9 Å². The Balaban J connectivity index is 2.07. The van der Waals surface area contributed by atoms with E-state index < -0.39 is 10.2 Å². The largest absolute Gasteiger partial charge is 0.301 e. The summed E-state index contributed by atoms with van der Waals surface area (Å²) in [6.45, 7) is 1.17. The molecule has 1 saturated heterocycles. The zero-order chi connectivity index (χ0) is 13.0. The van der Waals surface area contributed by atoms with Gasteiger partial charge in [-0.05, 0) is 30.5 Å². The molecule has 0 aromatic heterocycles. The number of nitriles is 1. The van der Waals surface area contributed by atoms with E-state index in [1.165, 1.54) is 4.31 Å². The zero-order valence-corrected chi connectivity index (χ0v) is 10.8. The lowest BCUT2D eigenvalue weighted by Gasteiger charge is -2.16. The molecule has 1 aromatic carbocycles. The summed E-state index contributed by atoms with van der Waals surface area (Å²) in [5.74, 6) is 0. The standard InChI is InChI=1S/C12H15N3O2S/c13-8-7-11-3-5-12(6-4-11)14-18(16,17)15-9-1-2-10-15/h3-6,14H,1-2,7,9-10H2. The van der Waals surface area contributed by atoms with Gasteiger partial charge in [0.1, 0.15) is 0 Å². The Morgan fingerprint density at radius 3 is 2.39 bits per heavy atom. The molecule has 0 bridgehead atoms. The molecule has 1 aromatic rings. The molecule has 1 fully saturated rings. The molecule has 1 aliphatic rings. The van der Waals surface area contributed by atoms with E-state index in [2.05, 4.69) is 4.72 Å². The predicted octanol–water partition coefficient (Wildman–Crippen LogP) is 1.51. The molecule has 0 unspecified atom stereocenters. The second kappa shape index (κ2) is 5.38. The van der Waals surface area contributed by atoms with Crippen LogP contribution in [-0.4, -0.2) is 25.8 Å². The normalized spacial score (nSPS) is 16.4. The second-order valence-corrected chi connectivity index (χ2v) is 5.92. The van der Waals surface area contributed by atoms with Crippen molar-refractivity contribution in [1.82, 2.24) is 4.31 Å². The molecule has 0 spiro atoms. The average molecular weight is 265 g/mol. The van der Waals surface area contributed by atoms with Crippen LogP contribution < -0.4 is 4.72 Å². The molecule has 0 radical (unpaired) electrons. The Morgan fingerprint density at radius 2 is 1.83 bits per heavy atom. The maximum Gasteiger partial charge on any atom is 0.301 e. The van der Waals surface area contributed by atoms with E-state index in [4.69, 9.17) is 5.26 Å². The van der Waals surface area contributed by atoms with Gasteiger partial charge in [-0.1, -0.05) is 12.1 Å². The Kier molecular flexibility index (Phi) is 3.84. The van der Waals surface area contributed by atoms with Crippen molar-refractivity contribution in [1.29, 1.82) is 5.26 Å². The molecular weight excluding hydrogens is 250 g/mol. The molecule has 1 aliphatic heterocycles. The Hall–Kier alpha value is -1.58. The lowest BCUT2D eigenvalue weighted by atomic mass is 10.1. The highest BCUT2D eigenvalue weighted by Crippen LogP contribution is 2.17. The summed E-state index contributed by atoms with van der Waals surface area (Å²) in [4.78, 5) is 0. The van der Waals surface area contributed by atoms with Gasteiger partial charge in [-0.25, -0.2) is 0 Å². The van der Waals surface area contributed by atoms with Crippen molar-refractivity contribution in [3.8, 4) is 6.07 Å². The smallest absolute Gasteiger partial charge is 0.271 e. The molecule has 0 amide bonds. The van der Waals surface area contributed by atoms with Crippen LogP contribution in [0.5, 0.6) is 0 Å². The van der Waals surface area contributed by atoms with E-state index in [0.717, 1.165) is 18.4 Å². The summed E-state index contributed by atoms with van der Waals surface area (Å²) >= 11 is 0. The lowest BCUT2D eigenvalue weighted by molar-refractivity contribution is 0.482. The maximum absolute atomic E-state index is 12.0. The van der Waals surface area contributed by atoms with E-state index in [-0.39, 0.29) is 0 Å². The van der Waals surface area contributed by atoms with Crippen molar-refractivity contribution < 1.29 is 8.42 Å². The van der Waals surface area contributed by atoms with Crippen LogP contribution in [0.15, 0.2) is 24.3 Å². The fourth-order valence-corrected chi connectivity index (χ4v) is 3.23. The summed E-state index contributed by atoms with van der Waals surface area (Å²) in [6, 6.07) is 8.92. The van der Waals surface area contributed by atoms with Gasteiger partial charge in [-0.3, -0.25) is 4.72 Å². The topological polar surface area (TPSA) is 73.2 Å². The predicted molar refractivity (Wildman–Crippen MR) is 69.1 cm³/mol. The summed E-state index contributed by atoms with van der Waals surface area (Å²) in [5, 5.41) is 8.55. The summed E-state index contributed by atoms with van der Waals surface area (Å²) in [5.41, 5.74) is 1.41. The third-order valence-electron chi connectivity index (χ3n) is 2.89. The number of hydrogen-bond donors (Lipinski definition) is 1. The van der Waals surface area contributed by atoms with E-state index in [0.29, 0.717) is 25.2 Å². The highest BCUT2D eigenvalue weighted by molar-refractivity contribution is 7.90. The summed E-state index contributed by atoms with van der Waals surface area (Å²) in [7, 11) is -3.42. The first kappa shape index (κ1) is 12.9. The number of nitrogens with zero attached hydrogens (tertiary/aromatic N) is 2. The first-order chi connectivity index (χ1) is 8.62. The third kappa shape index (κ3) is 3.00. The quantitative estimate of drug-likeness (QED) is 0.896. The van der Waals surface area contributed by atoms with Crippen LogP contribution in [0.4, 0.5) is 5.69 Å². The van der Waals surface area contributed by atoms with Gasteiger partial charge in [-0.15, -0.1) is 0 Å². The van der Waals surface area contributed by atoms with E-state index in [1.54, 1.807) is 24.3 Å². The van der Waals surface area contributed by atoms with Crippen LogP contribution in [-0.2, 0) is 16.6 Å². The fourth-order valence-electron chi connectivity index (χ4n) is 1.92. The monoisotopic (exact) mass is 265 g/mol. The highest BCUT2D eigenvalue weighted by atomic mass is 32.2. The molecule has 1 heterocycles. The van der Waals surface area contributed by atoms with Gasteiger partial charge in [0, 0.05) is 18.8 Å². The van der Waals surface area contributed by atoms with Gasteiger partial charge in [0.2, 0.25) is 0 Å². The number of nitrogens with one attached hydrogen (secondary N) is 1. The second-order valence-electron chi connectivity index (χ2n) is 4.25. The number of hydrogen-bond acceptors (Lipinski definition) is 3. The molecule has 18 heavy (non-hydrogen) atoms. The van der Waals surface area contributed by atoms with Gasteiger partial charge in [0.15, 0.2) is 0 Å². The lowest BCUT2D eigenvalue weighted by Crippen LogP contribution is -2.33. The Labute approximate surface area is 107 Å². The van der Waals surface area contributed by atoms with Crippen LogP contribution in [0.3, 0.4) is 0 Å². The van der Waals surface area contributed by atoms with Crippen LogP contribution in [0.1, 0.15) is 18.4 Å². The van der Waals surface area contributed by atoms with Gasteiger partial charge in [0.25, 0.3) is 0 Å². The van der Waals surface area contributed by atoms with E-state index >= 15 is 0 Å². The van der Waals surface area contributed by atoms with Crippen molar-refractivity contribution in [3.63, 3.8) is 0 Å². The molecule has 96 valence electrons. The van der Waals surface area contributed by atoms with E-state index in [1.807, 2.05) is 6.07 Å². The van der Waals surface area contributed by atoms with Crippen molar-refractivity contribution in [2.45, 2.75) is 19.3 Å². The van der Waals surface area contributed by atoms with E-state index in [9.17, 15) is 8.42 Å². The molecule has 1 N–H and O–H groups in total. The maximum atomic E-state index is 12.0. The van der Waals surface area contributed by atoms with Crippen molar-refractivity contribution in [3.05, 3.63) is 29.8 Å². The molecule has 0 atom stereocenters. The van der Waals surface area contributed by atoms with Crippen LogP contribution >= 0.6 is 0 Å². The third-order valence-corrected chi connectivity index (χ3v) is 4.43. The van der Waals surface area contributed by atoms with Crippen molar-refractivity contribution in [2.24, 2.45) is 0 Å². The fraction of sp³-hybridized carbons (Fsp3) is 0.417. The molecule has 0 aliphatic carbocycles.